The Labute approximate surface area is 115 Å². The van der Waals surface area contributed by atoms with Gasteiger partial charge in [0.25, 0.3) is 0 Å². The van der Waals surface area contributed by atoms with Gasteiger partial charge in [-0.15, -0.1) is 0 Å². The summed E-state index contributed by atoms with van der Waals surface area (Å²) in [5, 5.41) is 2.16. The van der Waals surface area contributed by atoms with Crippen LogP contribution in [0.3, 0.4) is 0 Å². The Morgan fingerprint density at radius 1 is 1.05 bits per heavy atom. The van der Waals surface area contributed by atoms with Gasteiger partial charge in [0.15, 0.2) is 0 Å². The van der Waals surface area contributed by atoms with Gasteiger partial charge in [-0.25, -0.2) is 0 Å². The molecule has 0 aromatic heterocycles. The predicted molar refractivity (Wildman–Crippen MR) is 72.5 cm³/mol. The molecule has 0 aliphatic carbocycles. The Bertz CT molecular complexity index is 563. The third-order valence-corrected chi connectivity index (χ3v) is 2.96. The molecule has 0 amide bonds. The first-order valence-corrected chi connectivity index (χ1v) is 6.32. The van der Waals surface area contributed by atoms with E-state index in [1.165, 1.54) is 0 Å². The Kier molecular flexibility index (Phi) is 4.62. The van der Waals surface area contributed by atoms with Crippen molar-refractivity contribution in [3.63, 3.8) is 0 Å². The van der Waals surface area contributed by atoms with Gasteiger partial charge < -0.3 is 10.5 Å². The molecular formula is C15H16F3NO. The molecule has 2 nitrogen and oxygen atoms in total. The largest absolute Gasteiger partial charge is 0.411 e. The highest BCUT2D eigenvalue weighted by Crippen LogP contribution is 2.20. The van der Waals surface area contributed by atoms with Crippen molar-refractivity contribution in [3.8, 4) is 0 Å². The number of alkyl halides is 3. The molecule has 108 valence electrons. The van der Waals surface area contributed by atoms with Crippen molar-refractivity contribution < 1.29 is 17.9 Å². The average Bonchev–Trinajstić information content (AvgIpc) is 2.37. The molecule has 2 N–H and O–H groups in total. The number of rotatable bonds is 5. The first kappa shape index (κ1) is 14.8. The maximum absolute atomic E-state index is 12.0. The standard InChI is InChI=1S/C15H16F3NO/c16-15(17,18)10-20-9-13(19)8-12-6-3-5-11-4-1-2-7-14(11)12/h1-7,13H,8-10,19H2. The van der Waals surface area contributed by atoms with Crippen LogP contribution in [0.15, 0.2) is 42.5 Å². The number of halogens is 3. The van der Waals surface area contributed by atoms with Crippen LogP contribution < -0.4 is 5.73 Å². The van der Waals surface area contributed by atoms with Gasteiger partial charge in [0.2, 0.25) is 0 Å². The van der Waals surface area contributed by atoms with Crippen LogP contribution in [-0.2, 0) is 11.2 Å². The Balaban J connectivity index is 1.98. The lowest BCUT2D eigenvalue weighted by molar-refractivity contribution is -0.174. The summed E-state index contributed by atoms with van der Waals surface area (Å²) in [6.07, 6.45) is -3.82. The SMILES string of the molecule is NC(COCC(F)(F)F)Cc1cccc2ccccc12. The van der Waals surface area contributed by atoms with E-state index in [0.29, 0.717) is 6.42 Å². The minimum absolute atomic E-state index is 0.108. The van der Waals surface area contributed by atoms with Gasteiger partial charge in [0.1, 0.15) is 6.61 Å². The summed E-state index contributed by atoms with van der Waals surface area (Å²) in [4.78, 5) is 0. The third kappa shape index (κ3) is 4.21. The molecule has 0 spiro atoms. The van der Waals surface area contributed by atoms with Crippen LogP contribution in [0.1, 0.15) is 5.56 Å². The lowest BCUT2D eigenvalue weighted by Gasteiger charge is -2.14. The predicted octanol–water partition coefficient (Wildman–Crippen LogP) is 3.29. The second kappa shape index (κ2) is 6.24. The van der Waals surface area contributed by atoms with Crippen molar-refractivity contribution >= 4 is 10.8 Å². The molecular weight excluding hydrogens is 267 g/mol. The van der Waals surface area contributed by atoms with Crippen LogP contribution in [0.4, 0.5) is 13.2 Å². The van der Waals surface area contributed by atoms with Crippen LogP contribution >= 0.6 is 0 Å². The summed E-state index contributed by atoms with van der Waals surface area (Å²) < 4.78 is 40.5. The quantitative estimate of drug-likeness (QED) is 0.914. The normalized spacial score (nSPS) is 13.6. The molecule has 2 aromatic carbocycles. The van der Waals surface area contributed by atoms with Gasteiger partial charge in [-0.1, -0.05) is 42.5 Å². The molecule has 1 atom stereocenters. The molecule has 0 aliphatic rings. The van der Waals surface area contributed by atoms with E-state index in [-0.39, 0.29) is 6.61 Å². The van der Waals surface area contributed by atoms with Crippen molar-refractivity contribution in [3.05, 3.63) is 48.0 Å². The second-order valence-corrected chi connectivity index (χ2v) is 4.73. The van der Waals surface area contributed by atoms with Crippen molar-refractivity contribution in [1.82, 2.24) is 0 Å². The maximum atomic E-state index is 12.0. The lowest BCUT2D eigenvalue weighted by Crippen LogP contribution is -2.31. The zero-order chi connectivity index (χ0) is 14.6. The fourth-order valence-corrected chi connectivity index (χ4v) is 2.14. The fourth-order valence-electron chi connectivity index (χ4n) is 2.14. The van der Waals surface area contributed by atoms with E-state index in [0.717, 1.165) is 16.3 Å². The molecule has 0 saturated carbocycles. The van der Waals surface area contributed by atoms with E-state index < -0.39 is 18.8 Å². The molecule has 2 rings (SSSR count). The van der Waals surface area contributed by atoms with Crippen molar-refractivity contribution in [2.75, 3.05) is 13.2 Å². The van der Waals surface area contributed by atoms with Gasteiger partial charge in [0, 0.05) is 6.04 Å². The highest BCUT2D eigenvalue weighted by atomic mass is 19.4. The minimum Gasteiger partial charge on any atom is -0.370 e. The van der Waals surface area contributed by atoms with Crippen LogP contribution in [0.5, 0.6) is 0 Å². The molecule has 0 heterocycles. The zero-order valence-corrected chi connectivity index (χ0v) is 10.9. The van der Waals surface area contributed by atoms with Crippen LogP contribution in [0, 0.1) is 0 Å². The summed E-state index contributed by atoms with van der Waals surface area (Å²) in [5.41, 5.74) is 6.85. The molecule has 2 aromatic rings. The monoisotopic (exact) mass is 283 g/mol. The first-order valence-electron chi connectivity index (χ1n) is 6.32. The highest BCUT2D eigenvalue weighted by Gasteiger charge is 2.27. The summed E-state index contributed by atoms with van der Waals surface area (Å²) in [7, 11) is 0. The average molecular weight is 283 g/mol. The Morgan fingerprint density at radius 3 is 2.50 bits per heavy atom. The van der Waals surface area contributed by atoms with E-state index in [4.69, 9.17) is 5.73 Å². The number of fused-ring (bicyclic) bond motifs is 1. The molecule has 0 aliphatic heterocycles. The van der Waals surface area contributed by atoms with E-state index in [1.54, 1.807) is 0 Å². The summed E-state index contributed by atoms with van der Waals surface area (Å²) >= 11 is 0. The Hall–Kier alpha value is -1.59. The number of hydrogen-bond donors (Lipinski definition) is 1. The van der Waals surface area contributed by atoms with Gasteiger partial charge in [-0.2, -0.15) is 13.2 Å². The summed E-state index contributed by atoms with van der Waals surface area (Å²) in [6, 6.07) is 13.2. The first-order chi connectivity index (χ1) is 9.46. The molecule has 0 fully saturated rings. The topological polar surface area (TPSA) is 35.2 Å². The van der Waals surface area contributed by atoms with E-state index in [9.17, 15) is 13.2 Å². The fraction of sp³-hybridized carbons (Fsp3) is 0.333. The van der Waals surface area contributed by atoms with Gasteiger partial charge in [-0.3, -0.25) is 0 Å². The molecule has 5 heteroatoms. The lowest BCUT2D eigenvalue weighted by atomic mass is 9.99. The van der Waals surface area contributed by atoms with Crippen molar-refractivity contribution in [2.24, 2.45) is 5.73 Å². The van der Waals surface area contributed by atoms with Gasteiger partial charge in [-0.05, 0) is 22.8 Å². The number of hydrogen-bond acceptors (Lipinski definition) is 2. The van der Waals surface area contributed by atoms with Gasteiger partial charge >= 0.3 is 6.18 Å². The van der Waals surface area contributed by atoms with E-state index in [2.05, 4.69) is 4.74 Å². The summed E-state index contributed by atoms with van der Waals surface area (Å²) in [6.45, 7) is -1.36. The minimum atomic E-state index is -4.31. The van der Waals surface area contributed by atoms with Crippen LogP contribution in [0.25, 0.3) is 10.8 Å². The zero-order valence-electron chi connectivity index (χ0n) is 10.9. The maximum Gasteiger partial charge on any atom is 0.411 e. The molecule has 1 unspecified atom stereocenters. The van der Waals surface area contributed by atoms with Crippen LogP contribution in [-0.4, -0.2) is 25.4 Å². The molecule has 20 heavy (non-hydrogen) atoms. The molecule has 0 radical (unpaired) electrons. The summed E-state index contributed by atoms with van der Waals surface area (Å²) in [5.74, 6) is 0. The van der Waals surface area contributed by atoms with Gasteiger partial charge in [0.05, 0.1) is 6.61 Å². The number of benzene rings is 2. The van der Waals surface area contributed by atoms with Crippen molar-refractivity contribution in [1.29, 1.82) is 0 Å². The number of ether oxygens (including phenoxy) is 1. The van der Waals surface area contributed by atoms with E-state index >= 15 is 0 Å². The second-order valence-electron chi connectivity index (χ2n) is 4.73. The smallest absolute Gasteiger partial charge is 0.370 e. The van der Waals surface area contributed by atoms with Crippen LogP contribution in [0.2, 0.25) is 0 Å². The molecule has 0 bridgehead atoms. The Morgan fingerprint density at radius 2 is 1.75 bits per heavy atom. The van der Waals surface area contributed by atoms with Crippen molar-refractivity contribution in [2.45, 2.75) is 18.6 Å². The third-order valence-electron chi connectivity index (χ3n) is 2.96. The molecule has 0 saturated heterocycles. The number of nitrogens with two attached hydrogens (primary N) is 1. The highest BCUT2D eigenvalue weighted by molar-refractivity contribution is 5.85. The van der Waals surface area contributed by atoms with E-state index in [1.807, 2.05) is 42.5 Å².